The number of ether oxygens (including phenoxy) is 1. The number of hydrogen-bond acceptors (Lipinski definition) is 20. The van der Waals surface area contributed by atoms with Gasteiger partial charge in [0.2, 0.25) is 0 Å². The number of nitrogens with one attached hydrogen (secondary N) is 1. The smallest absolute Gasteiger partial charge is 0.870 e. The number of esters is 1. The van der Waals surface area contributed by atoms with Crippen LogP contribution in [0.15, 0.2) is 125 Å². The van der Waals surface area contributed by atoms with Crippen molar-refractivity contribution < 1.29 is 91.1 Å². The number of aliphatic hydroxyl groups excluding tert-OH is 3. The minimum absolute atomic E-state index is 0. The third-order valence-electron chi connectivity index (χ3n) is 10.8. The molecule has 0 saturated carbocycles. The van der Waals surface area contributed by atoms with E-state index in [1.165, 1.54) is 66.7 Å². The van der Waals surface area contributed by atoms with Crippen molar-refractivity contribution in [1.29, 1.82) is 0 Å². The quantitative estimate of drug-likeness (QED) is 0.0509. The van der Waals surface area contributed by atoms with Crippen LogP contribution in [-0.4, -0.2) is 192 Å². The number of phenolic OH excluding ortho intramolecular Hbond substituents is 1. The van der Waals surface area contributed by atoms with E-state index in [0.717, 1.165) is 16.7 Å². The van der Waals surface area contributed by atoms with Gasteiger partial charge in [-0.05, 0) is 84.3 Å². The Morgan fingerprint density at radius 2 is 1.32 bits per heavy atom. The number of carbonyl (C=O) groups excluding carboxylic acids is 2. The third-order valence-corrected chi connectivity index (χ3v) is 10.8. The fraction of sp³-hybridized carbons (Fsp3) is 0.280. The number of fused-ring (bicyclic) bond motifs is 3. The first kappa shape index (κ1) is 78.5. The maximum absolute atomic E-state index is 11.7. The van der Waals surface area contributed by atoms with E-state index < -0.39 is 48.3 Å². The van der Waals surface area contributed by atoms with Gasteiger partial charge in [0.05, 0.1) is 12.4 Å². The van der Waals surface area contributed by atoms with Gasteiger partial charge in [-0.2, -0.15) is 0 Å². The Labute approximate surface area is 484 Å². The molecular weight excluding hydrogens is 1090 g/mol. The fourth-order valence-corrected chi connectivity index (χ4v) is 7.41. The number of phenols is 1. The Hall–Kier alpha value is -7.01. The van der Waals surface area contributed by atoms with Crippen LogP contribution in [0.2, 0.25) is 0 Å². The van der Waals surface area contributed by atoms with Crippen LogP contribution < -0.4 is 31.5 Å². The number of benzene rings is 4. The zero-order valence-corrected chi connectivity index (χ0v) is 46.9. The van der Waals surface area contributed by atoms with E-state index in [-0.39, 0.29) is 97.6 Å². The van der Waals surface area contributed by atoms with Crippen molar-refractivity contribution in [2.24, 2.45) is 21.1 Å². The van der Waals surface area contributed by atoms with E-state index in [9.17, 15) is 33.9 Å². The molecule has 1 aliphatic carbocycles. The van der Waals surface area contributed by atoms with Gasteiger partial charge >= 0.3 is 70.0 Å². The van der Waals surface area contributed by atoms with Gasteiger partial charge in [0.15, 0.2) is 23.4 Å². The summed E-state index contributed by atoms with van der Waals surface area (Å²) in [5.41, 5.74) is 8.53. The maximum atomic E-state index is 11.7. The van der Waals surface area contributed by atoms with Crippen molar-refractivity contribution >= 4 is 99.6 Å². The number of carbonyl (C=O) groups is 5. The Balaban J connectivity index is -0.000000438. The van der Waals surface area contributed by atoms with Gasteiger partial charge in [-0.3, -0.25) is 18.7 Å². The number of aromatic hydroxyl groups is 1. The number of aliphatic carboxylic acids is 2. The van der Waals surface area contributed by atoms with E-state index in [2.05, 4.69) is 81.6 Å². The molecule has 422 valence electrons. The maximum Gasteiger partial charge on any atom is 3.00 e. The van der Waals surface area contributed by atoms with Crippen LogP contribution in [0.1, 0.15) is 58.0 Å². The Morgan fingerprint density at radius 3 is 1.84 bits per heavy atom. The third kappa shape index (κ3) is 22.7. The van der Waals surface area contributed by atoms with Crippen molar-refractivity contribution in [3.63, 3.8) is 0 Å². The van der Waals surface area contributed by atoms with E-state index in [1.807, 2.05) is 0 Å². The number of aromatic carboxylic acids is 1. The van der Waals surface area contributed by atoms with E-state index >= 15 is 0 Å². The second-order valence-corrected chi connectivity index (χ2v) is 16.0. The summed E-state index contributed by atoms with van der Waals surface area (Å²) < 4.78 is 8.73. The summed E-state index contributed by atoms with van der Waals surface area (Å²) in [7, 11) is 8.77. The minimum atomic E-state index is -2.33. The van der Waals surface area contributed by atoms with Gasteiger partial charge in [-0.1, -0.05) is 78.9 Å². The molecule has 6 aromatic rings. The summed E-state index contributed by atoms with van der Waals surface area (Å²) in [6.45, 7) is 3.99. The summed E-state index contributed by atoms with van der Waals surface area (Å²) >= 11 is 0. The number of likely N-dealkylation sites (N-methyl/N-ethyl adjacent to an activating group) is 2. The molecule has 2 aromatic heterocycles. The van der Waals surface area contributed by atoms with Crippen molar-refractivity contribution in [3.8, 4) is 11.5 Å². The summed E-state index contributed by atoms with van der Waals surface area (Å²) in [5, 5.41) is 79.3. The van der Waals surface area contributed by atoms with Crippen molar-refractivity contribution in [1.82, 2.24) is 28.9 Å². The molecule has 0 radical (unpaired) electrons. The number of nitrogens with zero attached hydrogens (tertiary/aromatic N) is 5. The summed E-state index contributed by atoms with van der Waals surface area (Å²) in [5.74, 6) is -4.47. The van der Waals surface area contributed by atoms with Crippen LogP contribution in [0, 0.1) is 0 Å². The first-order valence-corrected chi connectivity index (χ1v) is 21.9. The summed E-state index contributed by atoms with van der Waals surface area (Å²) in [4.78, 5) is 78.7. The largest absolute Gasteiger partial charge is 3.00 e. The number of aryl methyl sites for hydroxylation is 2. The number of carboxylic acid groups (broad SMARTS) is 5. The van der Waals surface area contributed by atoms with Gasteiger partial charge in [0.1, 0.15) is 17.1 Å². The number of aromatic nitrogens is 4. The molecule has 1 aliphatic heterocycles. The molecule has 4 aromatic carbocycles. The van der Waals surface area contributed by atoms with Gasteiger partial charge in [-0.15, -0.1) is 12.4 Å². The van der Waals surface area contributed by atoms with Gasteiger partial charge < -0.3 is 86.7 Å². The molecule has 29 heteroatoms. The molecule has 0 spiro atoms. The zero-order valence-electron chi connectivity index (χ0n) is 43.5. The van der Waals surface area contributed by atoms with Crippen LogP contribution in [0.4, 0.5) is 4.79 Å². The zero-order chi connectivity index (χ0) is 54.7. The van der Waals surface area contributed by atoms with Crippen molar-refractivity contribution in [2.45, 2.75) is 37.6 Å². The van der Waals surface area contributed by atoms with Crippen LogP contribution in [0.5, 0.6) is 11.5 Å². The van der Waals surface area contributed by atoms with Gasteiger partial charge in [0.25, 0.3) is 5.56 Å². The number of carboxylic acids is 3. The molecule has 0 saturated heterocycles. The molecule has 8 rings (SSSR count). The molecule has 0 amide bonds. The molecule has 4 unspecified atom stereocenters. The number of para-hydroxylation sites is 1. The molecule has 3 heterocycles. The van der Waals surface area contributed by atoms with E-state index in [0.29, 0.717) is 23.6 Å². The SMILES string of the molecule is CC(=O)Oc1ccccc1C(=O)O.CN1CCC2=C(C1)C(c1ccccc1)c1ccccc12.CNCC(O)c1cccc(O)c1.Cl.Cn1c(=O)c2c(ncn2C)n(C)c1=O.O=C(O)C(O)C(O)C(=O)O.O=C([O-])[O-].[Al+3].[Mg+2].[OH-].[OH-].[OH-]. The Morgan fingerprint density at radius 1 is 0.785 bits per heavy atom. The first-order valence-electron chi connectivity index (χ1n) is 21.9. The molecule has 4 atom stereocenters. The number of rotatable bonds is 9. The standard InChI is InChI=1S/C19H19N.C9H13NO2.C9H8O4.C8H10N4O2.C4H6O6.CH2O3.Al.ClH.Mg.3H2O/c1-20-12-11-16-15-9-5-6-10-17(15)19(18(16)13-20)14-7-3-2-4-8-14;1-10-6-9(12)7-3-2-4-8(11)5-7;1-6(10)13-8-5-3-2-4-7(8)9(11)12;1-10-4-9-6-5(10)7(13)12(3)8(14)11(6)2;5-1(3(7)8)2(6)4(9)10;2-1(3)4;;;;;;/h2-10,19H,11-13H2,1H3;2-5,9-12H,6H2,1H3;2-5H,1H3,(H,11,12);4H,1-3H3;1-2,5-6H,(H,7,8)(H,9,10);(H2,2,3,4);;1H;;3*1H2/q;;;;;;+3;;+2;;;/p-5. The molecule has 2 aliphatic rings. The minimum Gasteiger partial charge on any atom is -0.870 e. The average molecular weight is 1150 g/mol. The second kappa shape index (κ2) is 37.7. The monoisotopic (exact) mass is 1150 g/mol. The Bertz CT molecular complexity index is 3030. The summed E-state index contributed by atoms with van der Waals surface area (Å²) in [6.07, 6.45) is -4.71. The normalized spacial score (nSPS) is 13.3. The average Bonchev–Trinajstić information content (AvgIpc) is 3.90. The number of hydrogen-bond donors (Lipinski definition) is 8. The van der Waals surface area contributed by atoms with Crippen LogP contribution in [0.3, 0.4) is 0 Å². The van der Waals surface area contributed by atoms with Crippen LogP contribution in [0.25, 0.3) is 16.7 Å². The predicted molar refractivity (Wildman–Crippen MR) is 284 cm³/mol. The van der Waals surface area contributed by atoms with Crippen LogP contribution in [-0.2, 0) is 35.5 Å². The van der Waals surface area contributed by atoms with Crippen LogP contribution >= 0.6 is 12.4 Å². The fourth-order valence-electron chi connectivity index (χ4n) is 7.41. The molecule has 79 heavy (non-hydrogen) atoms. The van der Waals surface area contributed by atoms with E-state index in [1.54, 1.807) is 73.3 Å². The molecule has 26 nitrogen and oxygen atoms in total. The number of imidazole rings is 1. The van der Waals surface area contributed by atoms with Crippen molar-refractivity contribution in [3.05, 3.63) is 164 Å². The summed E-state index contributed by atoms with van der Waals surface area (Å²) in [6, 6.07) is 32.5. The second-order valence-electron chi connectivity index (χ2n) is 16.0. The Kier molecular flexibility index (Phi) is 37.5. The van der Waals surface area contributed by atoms with Gasteiger partial charge in [-0.25, -0.2) is 24.2 Å². The van der Waals surface area contributed by atoms with Crippen molar-refractivity contribution in [2.75, 3.05) is 33.7 Å². The number of halogens is 1. The molecular formula is C50H60AlClMgN6O20. The number of aliphatic hydroxyl groups is 3. The molecule has 11 N–H and O–H groups in total. The topological polar surface area (TPSA) is 449 Å². The van der Waals surface area contributed by atoms with E-state index in [4.69, 9.17) is 45.6 Å². The molecule has 0 fully saturated rings. The van der Waals surface area contributed by atoms with Gasteiger partial charge in [0, 0.05) is 53.6 Å². The molecule has 0 bridgehead atoms. The predicted octanol–water partition coefficient (Wildman–Crippen LogP) is -0.593. The first-order chi connectivity index (χ1) is 34.4.